The molecular weight excluding hydrogens is 336 g/mol. The molecule has 5 nitrogen and oxygen atoms in total. The molecule has 6 heteroatoms. The summed E-state index contributed by atoms with van der Waals surface area (Å²) in [6, 6.07) is 12.0. The summed E-state index contributed by atoms with van der Waals surface area (Å²) in [7, 11) is 0. The molecule has 0 saturated carbocycles. The van der Waals surface area contributed by atoms with Crippen molar-refractivity contribution in [2.24, 2.45) is 0 Å². The van der Waals surface area contributed by atoms with Crippen molar-refractivity contribution in [3.05, 3.63) is 68.2 Å². The molecule has 0 aromatic heterocycles. The van der Waals surface area contributed by atoms with Crippen LogP contribution in [0.15, 0.2) is 46.9 Å². The van der Waals surface area contributed by atoms with Crippen molar-refractivity contribution in [2.75, 3.05) is 6.54 Å². The van der Waals surface area contributed by atoms with Crippen molar-refractivity contribution in [1.82, 2.24) is 5.32 Å². The first-order valence-corrected chi connectivity index (χ1v) is 7.27. The third-order valence-electron chi connectivity index (χ3n) is 3.08. The van der Waals surface area contributed by atoms with E-state index in [0.717, 1.165) is 24.1 Å². The number of nitro benzene ring substituents is 1. The van der Waals surface area contributed by atoms with Gasteiger partial charge in [0.05, 0.1) is 9.40 Å². The third kappa shape index (κ3) is 4.54. The quantitative estimate of drug-likeness (QED) is 0.475. The first kappa shape index (κ1) is 15.5. The molecule has 0 saturated heterocycles. The molecule has 110 valence electrons. The molecule has 0 bridgehead atoms. The van der Waals surface area contributed by atoms with Crippen molar-refractivity contribution in [1.29, 1.82) is 0 Å². The van der Waals surface area contributed by atoms with Crippen molar-refractivity contribution >= 4 is 21.6 Å². The van der Waals surface area contributed by atoms with E-state index in [-0.39, 0.29) is 11.4 Å². The summed E-state index contributed by atoms with van der Waals surface area (Å²) in [6.07, 6.45) is 0.803. The van der Waals surface area contributed by atoms with Crippen LogP contribution < -0.4 is 5.32 Å². The molecule has 0 atom stereocenters. The maximum Gasteiger partial charge on any atom is 0.269 e. The molecular formula is C15H15BrN2O3. The maximum atomic E-state index is 10.6. The number of phenolic OH excluding ortho intramolecular Hbond substituents is 1. The molecule has 0 amide bonds. The molecule has 0 unspecified atom stereocenters. The molecule has 0 heterocycles. The van der Waals surface area contributed by atoms with Gasteiger partial charge in [-0.1, -0.05) is 18.2 Å². The fourth-order valence-corrected chi connectivity index (χ4v) is 2.34. The van der Waals surface area contributed by atoms with E-state index in [0.29, 0.717) is 11.0 Å². The number of aromatic hydroxyl groups is 1. The van der Waals surface area contributed by atoms with Crippen molar-refractivity contribution in [2.45, 2.75) is 13.0 Å². The molecule has 2 aromatic rings. The summed E-state index contributed by atoms with van der Waals surface area (Å²) in [5.74, 6) is 0.227. The van der Waals surface area contributed by atoms with Crippen molar-refractivity contribution in [3.63, 3.8) is 0 Å². The van der Waals surface area contributed by atoms with Gasteiger partial charge < -0.3 is 10.4 Å². The van der Waals surface area contributed by atoms with E-state index in [4.69, 9.17) is 0 Å². The largest absolute Gasteiger partial charge is 0.507 e. The molecule has 0 aliphatic heterocycles. The van der Waals surface area contributed by atoms with Crippen LogP contribution in [0.4, 0.5) is 5.69 Å². The van der Waals surface area contributed by atoms with Crippen LogP contribution in [0, 0.1) is 10.1 Å². The Bertz CT molecular complexity index is 629. The predicted octanol–water partition coefficient (Wildman–Crippen LogP) is 3.40. The van der Waals surface area contributed by atoms with Gasteiger partial charge >= 0.3 is 0 Å². The molecule has 21 heavy (non-hydrogen) atoms. The standard InChI is InChI=1S/C15H15BrN2O3/c16-14-9-12(3-6-15(14)19)10-17-8-7-11-1-4-13(5-2-11)18(20)21/h1-6,9,17,19H,7-8,10H2. The Labute approximate surface area is 130 Å². The van der Waals surface area contributed by atoms with E-state index in [2.05, 4.69) is 21.2 Å². The fraction of sp³-hybridized carbons (Fsp3) is 0.200. The summed E-state index contributed by atoms with van der Waals surface area (Å²) < 4.78 is 0.678. The molecule has 0 spiro atoms. The topological polar surface area (TPSA) is 75.4 Å². The third-order valence-corrected chi connectivity index (χ3v) is 3.71. The summed E-state index contributed by atoms with van der Waals surface area (Å²) in [5, 5.41) is 23.3. The molecule has 2 N–H and O–H groups in total. The minimum absolute atomic E-state index is 0.112. The van der Waals surface area contributed by atoms with Gasteiger partial charge in [0.2, 0.25) is 0 Å². The number of hydrogen-bond acceptors (Lipinski definition) is 4. The number of hydrogen-bond donors (Lipinski definition) is 2. The Morgan fingerprint density at radius 1 is 1.14 bits per heavy atom. The van der Waals surface area contributed by atoms with Gasteiger partial charge in [0.25, 0.3) is 5.69 Å². The minimum Gasteiger partial charge on any atom is -0.507 e. The molecule has 0 aliphatic rings. The molecule has 2 rings (SSSR count). The SMILES string of the molecule is O=[N+]([O-])c1ccc(CCNCc2ccc(O)c(Br)c2)cc1. The van der Waals surface area contributed by atoms with Crippen LogP contribution >= 0.6 is 15.9 Å². The lowest BCUT2D eigenvalue weighted by Gasteiger charge is -2.06. The van der Waals surface area contributed by atoms with E-state index in [9.17, 15) is 15.2 Å². The number of halogens is 1. The van der Waals surface area contributed by atoms with E-state index in [1.165, 1.54) is 12.1 Å². The van der Waals surface area contributed by atoms with Gasteiger partial charge in [0.1, 0.15) is 5.75 Å². The van der Waals surface area contributed by atoms with Crippen LogP contribution in [0.25, 0.3) is 0 Å². The lowest BCUT2D eigenvalue weighted by Crippen LogP contribution is -2.16. The zero-order valence-corrected chi connectivity index (χ0v) is 12.8. The smallest absolute Gasteiger partial charge is 0.269 e. The highest BCUT2D eigenvalue weighted by Crippen LogP contribution is 2.24. The summed E-state index contributed by atoms with van der Waals surface area (Å²) in [4.78, 5) is 10.2. The monoisotopic (exact) mass is 350 g/mol. The van der Waals surface area contributed by atoms with E-state index in [1.807, 2.05) is 12.1 Å². The summed E-state index contributed by atoms with van der Waals surface area (Å²) in [6.45, 7) is 1.47. The lowest BCUT2D eigenvalue weighted by molar-refractivity contribution is -0.384. The van der Waals surface area contributed by atoms with Crippen LogP contribution in [-0.4, -0.2) is 16.6 Å². The van der Waals surface area contributed by atoms with Crippen LogP contribution in [0.2, 0.25) is 0 Å². The maximum absolute atomic E-state index is 10.6. The van der Waals surface area contributed by atoms with Gasteiger partial charge in [0.15, 0.2) is 0 Å². The number of non-ortho nitro benzene ring substituents is 1. The van der Waals surface area contributed by atoms with Gasteiger partial charge in [-0.2, -0.15) is 0 Å². The van der Waals surface area contributed by atoms with Gasteiger partial charge in [-0.05, 0) is 52.2 Å². The zero-order chi connectivity index (χ0) is 15.2. The second-order valence-electron chi connectivity index (χ2n) is 4.64. The zero-order valence-electron chi connectivity index (χ0n) is 11.3. The van der Waals surface area contributed by atoms with E-state index >= 15 is 0 Å². The second-order valence-corrected chi connectivity index (χ2v) is 5.49. The highest BCUT2D eigenvalue weighted by molar-refractivity contribution is 9.10. The Balaban J connectivity index is 1.79. The second kappa shape index (κ2) is 7.19. The summed E-state index contributed by atoms with van der Waals surface area (Å²) >= 11 is 3.28. The first-order chi connectivity index (χ1) is 10.1. The van der Waals surface area contributed by atoms with Crippen molar-refractivity contribution < 1.29 is 10.0 Å². The van der Waals surface area contributed by atoms with Crippen molar-refractivity contribution in [3.8, 4) is 5.75 Å². The molecule has 0 aliphatic carbocycles. The number of nitro groups is 1. The van der Waals surface area contributed by atoms with Crippen LogP contribution in [-0.2, 0) is 13.0 Å². The predicted molar refractivity (Wildman–Crippen MR) is 84.3 cm³/mol. The first-order valence-electron chi connectivity index (χ1n) is 6.47. The Kier molecular flexibility index (Phi) is 5.30. The van der Waals surface area contributed by atoms with Gasteiger partial charge in [-0.15, -0.1) is 0 Å². The number of nitrogens with one attached hydrogen (secondary N) is 1. The van der Waals surface area contributed by atoms with Crippen LogP contribution in [0.5, 0.6) is 5.75 Å². The average molecular weight is 351 g/mol. The molecule has 2 aromatic carbocycles. The highest BCUT2D eigenvalue weighted by Gasteiger charge is 2.04. The van der Waals surface area contributed by atoms with Crippen LogP contribution in [0.3, 0.4) is 0 Å². The normalized spacial score (nSPS) is 10.5. The Hall–Kier alpha value is -1.92. The number of benzene rings is 2. The van der Waals surface area contributed by atoms with Gasteiger partial charge in [-0.3, -0.25) is 10.1 Å². The summed E-state index contributed by atoms with van der Waals surface area (Å²) in [5.41, 5.74) is 2.24. The van der Waals surface area contributed by atoms with E-state index < -0.39 is 4.92 Å². The molecule has 0 fully saturated rings. The Morgan fingerprint density at radius 2 is 1.81 bits per heavy atom. The number of rotatable bonds is 6. The fourth-order valence-electron chi connectivity index (χ4n) is 1.91. The average Bonchev–Trinajstić information content (AvgIpc) is 2.47. The van der Waals surface area contributed by atoms with E-state index in [1.54, 1.807) is 18.2 Å². The lowest BCUT2D eigenvalue weighted by atomic mass is 10.1. The molecule has 0 radical (unpaired) electrons. The van der Waals surface area contributed by atoms with Crippen LogP contribution in [0.1, 0.15) is 11.1 Å². The number of nitrogens with zero attached hydrogens (tertiary/aromatic N) is 1. The number of phenols is 1. The van der Waals surface area contributed by atoms with Gasteiger partial charge in [-0.25, -0.2) is 0 Å². The minimum atomic E-state index is -0.398. The Morgan fingerprint density at radius 3 is 2.43 bits per heavy atom. The van der Waals surface area contributed by atoms with Gasteiger partial charge in [0, 0.05) is 18.7 Å². The highest BCUT2D eigenvalue weighted by atomic mass is 79.9.